The van der Waals surface area contributed by atoms with Gasteiger partial charge in [-0.1, -0.05) is 28.7 Å². The molecule has 0 radical (unpaired) electrons. The second-order valence-electron chi connectivity index (χ2n) is 6.30. The molecule has 0 aliphatic carbocycles. The summed E-state index contributed by atoms with van der Waals surface area (Å²) in [6.45, 7) is 0.592. The molecule has 3 amide bonds. The molecule has 10 heteroatoms. The van der Waals surface area contributed by atoms with Gasteiger partial charge in [0.05, 0.1) is 23.9 Å². The number of fused-ring (bicyclic) bond motifs is 1. The summed E-state index contributed by atoms with van der Waals surface area (Å²) in [5.74, 6) is -1.45. The Kier molecular flexibility index (Phi) is 6.16. The Labute approximate surface area is 170 Å². The van der Waals surface area contributed by atoms with Crippen LogP contribution in [-0.4, -0.2) is 60.5 Å². The van der Waals surface area contributed by atoms with Crippen molar-refractivity contribution in [2.75, 3.05) is 23.4 Å². The third kappa shape index (κ3) is 4.16. The number of amides is 3. The number of hydrogen-bond donors (Lipinski definition) is 1. The maximum absolute atomic E-state index is 12.7. The molecule has 0 spiro atoms. The first kappa shape index (κ1) is 20.2. The lowest BCUT2D eigenvalue weighted by molar-refractivity contribution is -0.136. The van der Waals surface area contributed by atoms with Gasteiger partial charge in [0.25, 0.3) is 5.91 Å². The van der Waals surface area contributed by atoms with Crippen molar-refractivity contribution in [1.29, 1.82) is 0 Å². The highest BCUT2D eigenvalue weighted by atomic mass is 127. The number of carbonyl (C=O) groups is 3. The molecule has 146 valence electrons. The first-order valence-corrected chi connectivity index (χ1v) is 11.7. The zero-order valence-electron chi connectivity index (χ0n) is 14.4. The largest absolute Gasteiger partial charge is 0.380 e. The Hall–Kier alpha value is -1.53. The van der Waals surface area contributed by atoms with Gasteiger partial charge in [0.2, 0.25) is 11.8 Å². The summed E-state index contributed by atoms with van der Waals surface area (Å²) in [5.41, 5.74) is 0.690. The van der Waals surface area contributed by atoms with E-state index in [1.807, 2.05) is 0 Å². The summed E-state index contributed by atoms with van der Waals surface area (Å²) in [7, 11) is -3.63. The third-order valence-electron chi connectivity index (χ3n) is 4.59. The summed E-state index contributed by atoms with van der Waals surface area (Å²) >= 11 is 2.14. The fourth-order valence-corrected chi connectivity index (χ4v) is 4.99. The van der Waals surface area contributed by atoms with Crippen LogP contribution in [0.3, 0.4) is 0 Å². The van der Waals surface area contributed by atoms with Crippen molar-refractivity contribution in [2.45, 2.75) is 30.3 Å². The predicted octanol–water partition coefficient (Wildman–Crippen LogP) is 0.673. The molecule has 1 unspecified atom stereocenters. The number of ether oxygens (including phenoxy) is 1. The van der Waals surface area contributed by atoms with Gasteiger partial charge in [0, 0.05) is 28.5 Å². The standard InChI is InChI=1S/C17H19IN2O6S/c18-6-7-26-8-9-27(24,25)14-3-1-2-11-12(14)10-20(17(11)23)13-4-5-15(21)19-16(13)22/h1-3,13H,4-10H2,(H,19,21,22). The van der Waals surface area contributed by atoms with Gasteiger partial charge >= 0.3 is 0 Å². The molecule has 2 aliphatic rings. The van der Waals surface area contributed by atoms with Crippen molar-refractivity contribution < 1.29 is 27.5 Å². The lowest BCUT2D eigenvalue weighted by atomic mass is 10.0. The number of benzene rings is 1. The molecule has 3 rings (SSSR count). The molecular formula is C17H19IN2O6S. The van der Waals surface area contributed by atoms with E-state index in [-0.39, 0.29) is 48.1 Å². The molecule has 2 heterocycles. The smallest absolute Gasteiger partial charge is 0.255 e. The number of imide groups is 1. The summed E-state index contributed by atoms with van der Waals surface area (Å²) in [6, 6.07) is 3.80. The fourth-order valence-electron chi connectivity index (χ4n) is 3.28. The third-order valence-corrected chi connectivity index (χ3v) is 6.79. The number of piperidine rings is 1. The molecule has 27 heavy (non-hydrogen) atoms. The number of nitrogens with zero attached hydrogens (tertiary/aromatic N) is 1. The van der Waals surface area contributed by atoms with Crippen molar-refractivity contribution in [3.05, 3.63) is 29.3 Å². The van der Waals surface area contributed by atoms with Gasteiger partial charge in [-0.25, -0.2) is 8.42 Å². The van der Waals surface area contributed by atoms with Crippen molar-refractivity contribution in [3.63, 3.8) is 0 Å². The molecule has 1 atom stereocenters. The number of halogens is 1. The number of alkyl halides is 1. The number of sulfone groups is 1. The lowest BCUT2D eigenvalue weighted by Crippen LogP contribution is -2.52. The van der Waals surface area contributed by atoms with Crippen LogP contribution in [0, 0.1) is 0 Å². The van der Waals surface area contributed by atoms with E-state index in [0.717, 1.165) is 4.43 Å². The first-order chi connectivity index (χ1) is 12.8. The van der Waals surface area contributed by atoms with Gasteiger partial charge in [-0.2, -0.15) is 0 Å². The minimum absolute atomic E-state index is 0.0322. The minimum Gasteiger partial charge on any atom is -0.380 e. The Morgan fingerprint density at radius 1 is 1.22 bits per heavy atom. The second kappa shape index (κ2) is 8.23. The van der Waals surface area contributed by atoms with Crippen molar-refractivity contribution in [3.8, 4) is 0 Å². The zero-order valence-corrected chi connectivity index (χ0v) is 17.4. The van der Waals surface area contributed by atoms with Gasteiger partial charge in [0.15, 0.2) is 9.84 Å². The number of rotatable bonds is 7. The van der Waals surface area contributed by atoms with Gasteiger partial charge in [-0.15, -0.1) is 0 Å². The van der Waals surface area contributed by atoms with Gasteiger partial charge < -0.3 is 9.64 Å². The minimum atomic E-state index is -3.63. The van der Waals surface area contributed by atoms with Crippen molar-refractivity contribution >= 4 is 50.1 Å². The number of hydrogen-bond acceptors (Lipinski definition) is 6. The maximum atomic E-state index is 12.7. The van der Waals surface area contributed by atoms with Gasteiger partial charge in [0.1, 0.15) is 6.04 Å². The topological polar surface area (TPSA) is 110 Å². The highest BCUT2D eigenvalue weighted by Crippen LogP contribution is 2.32. The molecular weight excluding hydrogens is 487 g/mol. The van der Waals surface area contributed by atoms with Crippen LogP contribution < -0.4 is 5.32 Å². The van der Waals surface area contributed by atoms with Crippen molar-refractivity contribution in [1.82, 2.24) is 10.2 Å². The lowest BCUT2D eigenvalue weighted by Gasteiger charge is -2.29. The molecule has 1 aromatic rings. The average Bonchev–Trinajstić information content (AvgIpc) is 2.95. The van der Waals surface area contributed by atoms with E-state index < -0.39 is 27.7 Å². The predicted molar refractivity (Wildman–Crippen MR) is 104 cm³/mol. The average molecular weight is 506 g/mol. The van der Waals surface area contributed by atoms with Crippen LogP contribution in [0.1, 0.15) is 28.8 Å². The molecule has 1 aromatic carbocycles. The van der Waals surface area contributed by atoms with Gasteiger partial charge in [-0.3, -0.25) is 19.7 Å². The summed E-state index contributed by atoms with van der Waals surface area (Å²) in [4.78, 5) is 37.6. The summed E-state index contributed by atoms with van der Waals surface area (Å²) in [5, 5.41) is 2.23. The van der Waals surface area contributed by atoms with Crippen LogP contribution in [0.25, 0.3) is 0 Å². The summed E-state index contributed by atoms with van der Waals surface area (Å²) < 4.78 is 31.5. The van der Waals surface area contributed by atoms with Gasteiger partial charge in [-0.05, 0) is 18.6 Å². The van der Waals surface area contributed by atoms with Crippen LogP contribution in [0.4, 0.5) is 0 Å². The van der Waals surface area contributed by atoms with Crippen LogP contribution in [-0.2, 0) is 30.7 Å². The van der Waals surface area contributed by atoms with E-state index in [9.17, 15) is 22.8 Å². The Bertz CT molecular complexity index is 885. The van der Waals surface area contributed by atoms with E-state index in [1.54, 1.807) is 6.07 Å². The quantitative estimate of drug-likeness (QED) is 0.252. The van der Waals surface area contributed by atoms with Crippen LogP contribution >= 0.6 is 22.6 Å². The van der Waals surface area contributed by atoms with E-state index in [4.69, 9.17) is 4.74 Å². The second-order valence-corrected chi connectivity index (χ2v) is 9.46. The van der Waals surface area contributed by atoms with E-state index in [2.05, 4.69) is 27.9 Å². The van der Waals surface area contributed by atoms with E-state index >= 15 is 0 Å². The normalized spacial score (nSPS) is 20.0. The fraction of sp³-hybridized carbons (Fsp3) is 0.471. The first-order valence-electron chi connectivity index (χ1n) is 8.48. The molecule has 1 N–H and O–H groups in total. The highest BCUT2D eigenvalue weighted by molar-refractivity contribution is 14.1. The molecule has 0 bridgehead atoms. The Morgan fingerprint density at radius 3 is 2.70 bits per heavy atom. The van der Waals surface area contributed by atoms with E-state index in [1.165, 1.54) is 17.0 Å². The zero-order chi connectivity index (χ0) is 19.6. The SMILES string of the molecule is O=C1CCC(N2Cc3c(cccc3S(=O)(=O)CCOCCI)C2=O)C(=O)N1. The van der Waals surface area contributed by atoms with Crippen LogP contribution in [0.15, 0.2) is 23.1 Å². The maximum Gasteiger partial charge on any atom is 0.255 e. The van der Waals surface area contributed by atoms with Crippen LogP contribution in [0.5, 0.6) is 0 Å². The molecule has 0 saturated carbocycles. The summed E-state index contributed by atoms with van der Waals surface area (Å²) in [6.07, 6.45) is 0.381. The molecule has 1 fully saturated rings. The Morgan fingerprint density at radius 2 is 2.00 bits per heavy atom. The molecule has 0 aromatic heterocycles. The number of nitrogens with one attached hydrogen (secondary N) is 1. The highest BCUT2D eigenvalue weighted by Gasteiger charge is 2.40. The van der Waals surface area contributed by atoms with Crippen LogP contribution in [0.2, 0.25) is 0 Å². The molecule has 8 nitrogen and oxygen atoms in total. The van der Waals surface area contributed by atoms with Crippen molar-refractivity contribution in [2.24, 2.45) is 0 Å². The molecule has 1 saturated heterocycles. The Balaban J connectivity index is 1.83. The number of carbonyl (C=O) groups excluding carboxylic acids is 3. The van der Waals surface area contributed by atoms with E-state index in [0.29, 0.717) is 12.2 Å². The monoisotopic (exact) mass is 506 g/mol. The molecule has 2 aliphatic heterocycles.